The van der Waals surface area contributed by atoms with Gasteiger partial charge in [0.2, 0.25) is 0 Å². The van der Waals surface area contributed by atoms with E-state index in [0.29, 0.717) is 6.04 Å². The van der Waals surface area contributed by atoms with Crippen molar-refractivity contribution in [3.63, 3.8) is 0 Å². The number of hydrogen-bond acceptors (Lipinski definition) is 3. The van der Waals surface area contributed by atoms with E-state index in [1.165, 1.54) is 31.2 Å². The number of aromatic nitrogens is 1. The zero-order chi connectivity index (χ0) is 14.8. The van der Waals surface area contributed by atoms with Crippen LogP contribution in [0.15, 0.2) is 18.5 Å². The second kappa shape index (κ2) is 6.35. The standard InChI is InChI=1S/C18H28N2O/c1-4-8-20-18(17-15-6-5-7-16(15)17)13-9-14(11-19-10-13)21-12(2)3/h9-12,15-18,20H,4-8H2,1-3H3. The van der Waals surface area contributed by atoms with Gasteiger partial charge in [-0.3, -0.25) is 4.98 Å². The molecule has 2 aliphatic carbocycles. The van der Waals surface area contributed by atoms with Crippen molar-refractivity contribution < 1.29 is 4.74 Å². The number of hydrogen-bond donors (Lipinski definition) is 1. The van der Waals surface area contributed by atoms with Gasteiger partial charge in [0.1, 0.15) is 5.75 Å². The zero-order valence-electron chi connectivity index (χ0n) is 13.5. The third kappa shape index (κ3) is 3.23. The van der Waals surface area contributed by atoms with Gasteiger partial charge in [0.25, 0.3) is 0 Å². The van der Waals surface area contributed by atoms with Crippen LogP contribution < -0.4 is 10.1 Å². The second-order valence-electron chi connectivity index (χ2n) is 6.89. The van der Waals surface area contributed by atoms with Gasteiger partial charge >= 0.3 is 0 Å². The fourth-order valence-electron chi connectivity index (χ4n) is 4.09. The molecule has 2 saturated carbocycles. The third-order valence-corrected chi connectivity index (χ3v) is 4.94. The predicted molar refractivity (Wildman–Crippen MR) is 85.4 cm³/mol. The molecule has 2 aliphatic rings. The van der Waals surface area contributed by atoms with Crippen LogP contribution in [0.25, 0.3) is 0 Å². The minimum absolute atomic E-state index is 0.199. The van der Waals surface area contributed by atoms with Gasteiger partial charge in [0.05, 0.1) is 12.3 Å². The van der Waals surface area contributed by atoms with E-state index >= 15 is 0 Å². The van der Waals surface area contributed by atoms with Gasteiger partial charge in [-0.2, -0.15) is 0 Å². The molecule has 0 aliphatic heterocycles. The van der Waals surface area contributed by atoms with Gasteiger partial charge in [-0.05, 0) is 69.0 Å². The Morgan fingerprint density at radius 3 is 2.71 bits per heavy atom. The Morgan fingerprint density at radius 2 is 2.05 bits per heavy atom. The minimum atomic E-state index is 0.199. The lowest BCUT2D eigenvalue weighted by Crippen LogP contribution is -2.25. The highest BCUT2D eigenvalue weighted by atomic mass is 16.5. The normalized spacial score (nSPS) is 28.5. The molecule has 21 heavy (non-hydrogen) atoms. The summed E-state index contributed by atoms with van der Waals surface area (Å²) in [5.74, 6) is 3.63. The SMILES string of the molecule is CCCNC(c1cncc(OC(C)C)c1)C1C2CCCC21. The van der Waals surface area contributed by atoms with Gasteiger partial charge in [0.15, 0.2) is 0 Å². The molecule has 3 atom stereocenters. The van der Waals surface area contributed by atoms with Crippen LogP contribution in [0.5, 0.6) is 5.75 Å². The molecular formula is C18H28N2O. The lowest BCUT2D eigenvalue weighted by atomic mass is 9.98. The number of rotatable bonds is 7. The molecule has 3 nitrogen and oxygen atoms in total. The molecule has 3 unspecified atom stereocenters. The van der Waals surface area contributed by atoms with Crippen LogP contribution in [-0.2, 0) is 0 Å². The third-order valence-electron chi connectivity index (χ3n) is 4.94. The second-order valence-corrected chi connectivity index (χ2v) is 6.89. The van der Waals surface area contributed by atoms with Crippen LogP contribution in [0.1, 0.15) is 58.1 Å². The summed E-state index contributed by atoms with van der Waals surface area (Å²) in [6.45, 7) is 7.43. The molecule has 1 aromatic rings. The Morgan fingerprint density at radius 1 is 1.29 bits per heavy atom. The smallest absolute Gasteiger partial charge is 0.138 e. The highest BCUT2D eigenvalue weighted by molar-refractivity contribution is 5.29. The quantitative estimate of drug-likeness (QED) is 0.824. The summed E-state index contributed by atoms with van der Waals surface area (Å²) in [4.78, 5) is 4.41. The first-order chi connectivity index (χ1) is 10.2. The summed E-state index contributed by atoms with van der Waals surface area (Å²) in [5, 5.41) is 3.76. The summed E-state index contributed by atoms with van der Waals surface area (Å²) >= 11 is 0. The molecule has 1 heterocycles. The Balaban J connectivity index is 1.76. The minimum Gasteiger partial charge on any atom is -0.489 e. The van der Waals surface area contributed by atoms with Crippen LogP contribution >= 0.6 is 0 Å². The van der Waals surface area contributed by atoms with Crippen molar-refractivity contribution in [3.05, 3.63) is 24.0 Å². The van der Waals surface area contributed by atoms with E-state index < -0.39 is 0 Å². The molecule has 3 rings (SSSR count). The van der Waals surface area contributed by atoms with Crippen molar-refractivity contribution >= 4 is 0 Å². The predicted octanol–water partition coefficient (Wildman–Crippen LogP) is 3.96. The van der Waals surface area contributed by atoms with E-state index in [1.807, 2.05) is 12.4 Å². The van der Waals surface area contributed by atoms with E-state index in [1.54, 1.807) is 0 Å². The molecule has 3 heteroatoms. The maximum Gasteiger partial charge on any atom is 0.138 e. The molecule has 1 aromatic heterocycles. The van der Waals surface area contributed by atoms with E-state index in [-0.39, 0.29) is 6.10 Å². The summed E-state index contributed by atoms with van der Waals surface area (Å²) < 4.78 is 5.81. The van der Waals surface area contributed by atoms with Crippen molar-refractivity contribution in [2.45, 2.75) is 58.6 Å². The summed E-state index contributed by atoms with van der Waals surface area (Å²) in [5.41, 5.74) is 1.31. The van der Waals surface area contributed by atoms with Crippen molar-refractivity contribution in [1.29, 1.82) is 0 Å². The topological polar surface area (TPSA) is 34.2 Å². The largest absolute Gasteiger partial charge is 0.489 e. The Bertz CT molecular complexity index is 464. The van der Waals surface area contributed by atoms with Gasteiger partial charge < -0.3 is 10.1 Å². The first kappa shape index (κ1) is 14.8. The molecule has 1 N–H and O–H groups in total. The number of ether oxygens (including phenoxy) is 1. The molecule has 0 amide bonds. The van der Waals surface area contributed by atoms with E-state index in [9.17, 15) is 0 Å². The Hall–Kier alpha value is -1.09. The first-order valence-electron chi connectivity index (χ1n) is 8.55. The molecule has 0 aromatic carbocycles. The van der Waals surface area contributed by atoms with Crippen molar-refractivity contribution in [2.24, 2.45) is 17.8 Å². The lowest BCUT2D eigenvalue weighted by Gasteiger charge is -2.21. The highest BCUT2D eigenvalue weighted by Gasteiger charge is 2.55. The molecule has 0 bridgehead atoms. The highest BCUT2D eigenvalue weighted by Crippen LogP contribution is 2.62. The summed E-state index contributed by atoms with van der Waals surface area (Å²) in [6, 6.07) is 2.65. The molecule has 0 saturated heterocycles. The molecular weight excluding hydrogens is 260 g/mol. The van der Waals surface area contributed by atoms with Gasteiger partial charge in [-0.25, -0.2) is 0 Å². The average Bonchev–Trinajstić information content (AvgIpc) is 2.92. The number of fused-ring (bicyclic) bond motifs is 1. The van der Waals surface area contributed by atoms with Gasteiger partial charge in [0, 0.05) is 12.2 Å². The maximum atomic E-state index is 5.81. The van der Waals surface area contributed by atoms with E-state index in [0.717, 1.165) is 30.0 Å². The van der Waals surface area contributed by atoms with Crippen LogP contribution in [0.3, 0.4) is 0 Å². The van der Waals surface area contributed by atoms with Crippen LogP contribution in [-0.4, -0.2) is 17.6 Å². The van der Waals surface area contributed by atoms with Gasteiger partial charge in [-0.1, -0.05) is 13.3 Å². The summed E-state index contributed by atoms with van der Waals surface area (Å²) in [6.07, 6.45) is 9.51. The fourth-order valence-corrected chi connectivity index (χ4v) is 4.09. The fraction of sp³-hybridized carbons (Fsp3) is 0.722. The maximum absolute atomic E-state index is 5.81. The van der Waals surface area contributed by atoms with Crippen LogP contribution in [0.4, 0.5) is 0 Å². The molecule has 116 valence electrons. The van der Waals surface area contributed by atoms with Crippen LogP contribution in [0.2, 0.25) is 0 Å². The van der Waals surface area contributed by atoms with E-state index in [4.69, 9.17) is 4.74 Å². The van der Waals surface area contributed by atoms with Crippen LogP contribution in [0, 0.1) is 17.8 Å². The molecule has 2 fully saturated rings. The van der Waals surface area contributed by atoms with Gasteiger partial charge in [-0.15, -0.1) is 0 Å². The number of nitrogens with zero attached hydrogens (tertiary/aromatic N) is 1. The number of nitrogens with one attached hydrogen (secondary N) is 1. The van der Waals surface area contributed by atoms with Crippen molar-refractivity contribution in [3.8, 4) is 5.75 Å². The number of pyridine rings is 1. The average molecular weight is 288 g/mol. The Labute approximate surface area is 128 Å². The Kier molecular flexibility index (Phi) is 4.48. The molecule has 0 radical (unpaired) electrons. The monoisotopic (exact) mass is 288 g/mol. The van der Waals surface area contributed by atoms with Crippen molar-refractivity contribution in [1.82, 2.24) is 10.3 Å². The summed E-state index contributed by atoms with van der Waals surface area (Å²) in [7, 11) is 0. The zero-order valence-corrected chi connectivity index (χ0v) is 13.5. The molecule has 0 spiro atoms. The first-order valence-corrected chi connectivity index (χ1v) is 8.55. The lowest BCUT2D eigenvalue weighted by molar-refractivity contribution is 0.241. The van der Waals surface area contributed by atoms with E-state index in [2.05, 4.69) is 37.1 Å². The van der Waals surface area contributed by atoms with Crippen molar-refractivity contribution in [2.75, 3.05) is 6.54 Å².